The lowest BCUT2D eigenvalue weighted by molar-refractivity contribution is -0.122. The second-order valence-electron chi connectivity index (χ2n) is 7.43. The molecule has 1 saturated carbocycles. The minimum atomic E-state index is -3.64. The van der Waals surface area contributed by atoms with Crippen LogP contribution < -0.4 is 9.62 Å². The number of hydrogen-bond donors (Lipinski definition) is 1. The number of fused-ring (bicyclic) bond motifs is 1. The van der Waals surface area contributed by atoms with Gasteiger partial charge in [-0.2, -0.15) is 0 Å². The Bertz CT molecular complexity index is 994. The number of sulfonamides is 1. The second kappa shape index (κ2) is 7.80. The van der Waals surface area contributed by atoms with Crippen LogP contribution in [0.2, 0.25) is 0 Å². The van der Waals surface area contributed by atoms with E-state index in [4.69, 9.17) is 0 Å². The number of rotatable bonds is 5. The van der Waals surface area contributed by atoms with E-state index in [1.54, 1.807) is 18.2 Å². The van der Waals surface area contributed by atoms with Gasteiger partial charge in [-0.15, -0.1) is 0 Å². The molecule has 0 unspecified atom stereocenters. The van der Waals surface area contributed by atoms with E-state index in [2.05, 4.69) is 4.72 Å². The molecule has 0 saturated heterocycles. The van der Waals surface area contributed by atoms with E-state index in [9.17, 15) is 13.2 Å². The molecule has 0 radical (unpaired) electrons. The number of anilines is 2. The van der Waals surface area contributed by atoms with E-state index in [-0.39, 0.29) is 11.8 Å². The summed E-state index contributed by atoms with van der Waals surface area (Å²) in [6.07, 6.45) is 6.53. The summed E-state index contributed by atoms with van der Waals surface area (Å²) in [4.78, 5) is 14.7. The lowest BCUT2D eigenvalue weighted by Crippen LogP contribution is -2.33. The van der Waals surface area contributed by atoms with Gasteiger partial charge in [0.25, 0.3) is 10.0 Å². The smallest absolute Gasteiger partial charge is 0.255 e. The van der Waals surface area contributed by atoms with Gasteiger partial charge in [0.1, 0.15) is 0 Å². The first-order valence-corrected chi connectivity index (χ1v) is 11.3. The van der Waals surface area contributed by atoms with Gasteiger partial charge in [-0.25, -0.2) is 8.42 Å². The minimum absolute atomic E-state index is 0.111. The number of carbonyl (C=O) groups is 1. The molecule has 1 amide bonds. The molecule has 2 aromatic rings. The van der Waals surface area contributed by atoms with Gasteiger partial charge in [0.15, 0.2) is 0 Å². The number of nitrogens with zero attached hydrogens (tertiary/aromatic N) is 1. The molecule has 0 bridgehead atoms. The first-order chi connectivity index (χ1) is 13.5. The molecular formula is C22H24N2O3S. The van der Waals surface area contributed by atoms with Crippen LogP contribution in [0.1, 0.15) is 36.8 Å². The fraction of sp³-hybridized carbons (Fsp3) is 0.318. The zero-order chi connectivity index (χ0) is 19.6. The third kappa shape index (κ3) is 4.12. The Hall–Kier alpha value is -2.60. The highest BCUT2D eigenvalue weighted by molar-refractivity contribution is 7.95. The standard InChI is InChI=1S/C22H24N2O3S/c25-22(19-8-4-5-9-19)24-14-12-18-10-11-20(16-21(18)24)23-28(26,27)15-13-17-6-2-1-3-7-17/h1-3,6-7,10-11,13,15-16,19,23H,4-5,8-9,12,14H2/b15-13+. The van der Waals surface area contributed by atoms with Crippen molar-refractivity contribution >= 4 is 33.4 Å². The predicted octanol–water partition coefficient (Wildman–Crippen LogP) is 4.18. The highest BCUT2D eigenvalue weighted by Crippen LogP contribution is 2.35. The van der Waals surface area contributed by atoms with E-state index in [1.807, 2.05) is 41.3 Å². The van der Waals surface area contributed by atoms with E-state index >= 15 is 0 Å². The SMILES string of the molecule is O=C(C1CCCC1)N1CCc2ccc(NS(=O)(=O)/C=C/c3ccccc3)cc21. The van der Waals surface area contributed by atoms with Crippen LogP contribution >= 0.6 is 0 Å². The molecule has 1 aliphatic carbocycles. The number of benzene rings is 2. The number of hydrogen-bond acceptors (Lipinski definition) is 3. The van der Waals surface area contributed by atoms with Crippen LogP contribution in [0.15, 0.2) is 53.9 Å². The average Bonchev–Trinajstić information content (AvgIpc) is 3.36. The highest BCUT2D eigenvalue weighted by atomic mass is 32.2. The maximum atomic E-state index is 12.8. The summed E-state index contributed by atoms with van der Waals surface area (Å²) in [7, 11) is -3.64. The van der Waals surface area contributed by atoms with Gasteiger partial charge in [-0.3, -0.25) is 9.52 Å². The Morgan fingerprint density at radius 2 is 1.82 bits per heavy atom. The first kappa shape index (κ1) is 18.7. The van der Waals surface area contributed by atoms with Gasteiger partial charge in [0, 0.05) is 18.2 Å². The van der Waals surface area contributed by atoms with Gasteiger partial charge in [0.05, 0.1) is 11.1 Å². The summed E-state index contributed by atoms with van der Waals surface area (Å²) in [6, 6.07) is 14.7. The largest absolute Gasteiger partial charge is 0.312 e. The van der Waals surface area contributed by atoms with Gasteiger partial charge in [-0.1, -0.05) is 49.2 Å². The molecule has 6 heteroatoms. The van der Waals surface area contributed by atoms with Crippen LogP contribution in [0.4, 0.5) is 11.4 Å². The van der Waals surface area contributed by atoms with E-state index in [0.717, 1.165) is 54.3 Å². The van der Waals surface area contributed by atoms with Crippen molar-refractivity contribution < 1.29 is 13.2 Å². The van der Waals surface area contributed by atoms with Crippen molar-refractivity contribution in [2.45, 2.75) is 32.1 Å². The molecule has 146 valence electrons. The van der Waals surface area contributed by atoms with Crippen LogP contribution in [0.5, 0.6) is 0 Å². The molecule has 1 aliphatic heterocycles. The molecule has 5 nitrogen and oxygen atoms in total. The average molecular weight is 397 g/mol. The molecule has 1 fully saturated rings. The predicted molar refractivity (Wildman–Crippen MR) is 112 cm³/mol. The maximum Gasteiger partial charge on any atom is 0.255 e. The third-order valence-corrected chi connectivity index (χ3v) is 6.47. The van der Waals surface area contributed by atoms with E-state index < -0.39 is 10.0 Å². The Morgan fingerprint density at radius 1 is 1.07 bits per heavy atom. The van der Waals surface area contributed by atoms with Crippen LogP contribution in [0.25, 0.3) is 6.08 Å². The number of amides is 1. The second-order valence-corrected chi connectivity index (χ2v) is 8.99. The monoisotopic (exact) mass is 396 g/mol. The Labute approximate surface area is 166 Å². The molecule has 4 rings (SSSR count). The molecule has 1 heterocycles. The maximum absolute atomic E-state index is 12.8. The fourth-order valence-electron chi connectivity index (χ4n) is 4.00. The van der Waals surface area contributed by atoms with Crippen LogP contribution in [-0.2, 0) is 21.2 Å². The zero-order valence-corrected chi connectivity index (χ0v) is 16.5. The normalized spacial score (nSPS) is 17.2. The van der Waals surface area contributed by atoms with Crippen molar-refractivity contribution in [3.05, 3.63) is 65.1 Å². The molecule has 0 atom stereocenters. The van der Waals surface area contributed by atoms with E-state index in [0.29, 0.717) is 12.2 Å². The van der Waals surface area contributed by atoms with Gasteiger partial charge < -0.3 is 4.90 Å². The molecular weight excluding hydrogens is 372 g/mol. The van der Waals surface area contributed by atoms with Crippen molar-refractivity contribution in [2.24, 2.45) is 5.92 Å². The molecule has 2 aliphatic rings. The lowest BCUT2D eigenvalue weighted by Gasteiger charge is -2.21. The van der Waals surface area contributed by atoms with Crippen molar-refractivity contribution in [1.29, 1.82) is 0 Å². The number of nitrogens with one attached hydrogen (secondary N) is 1. The summed E-state index contributed by atoms with van der Waals surface area (Å²) >= 11 is 0. The summed E-state index contributed by atoms with van der Waals surface area (Å²) in [5.41, 5.74) is 3.22. The number of carbonyl (C=O) groups excluding carboxylic acids is 1. The van der Waals surface area contributed by atoms with E-state index in [1.165, 1.54) is 0 Å². The molecule has 0 aromatic heterocycles. The molecule has 1 N–H and O–H groups in total. The van der Waals surface area contributed by atoms with Crippen molar-refractivity contribution in [3.63, 3.8) is 0 Å². The van der Waals surface area contributed by atoms with Crippen LogP contribution in [-0.4, -0.2) is 20.9 Å². The summed E-state index contributed by atoms with van der Waals surface area (Å²) < 4.78 is 27.4. The highest BCUT2D eigenvalue weighted by Gasteiger charge is 2.32. The van der Waals surface area contributed by atoms with Crippen molar-refractivity contribution in [3.8, 4) is 0 Å². The van der Waals surface area contributed by atoms with Gasteiger partial charge in [0.2, 0.25) is 5.91 Å². The summed E-state index contributed by atoms with van der Waals surface area (Å²) in [5.74, 6) is 0.292. The third-order valence-electron chi connectivity index (χ3n) is 5.45. The molecule has 28 heavy (non-hydrogen) atoms. The Morgan fingerprint density at radius 3 is 2.57 bits per heavy atom. The first-order valence-electron chi connectivity index (χ1n) is 9.72. The molecule has 0 spiro atoms. The van der Waals surface area contributed by atoms with Crippen LogP contribution in [0, 0.1) is 5.92 Å². The van der Waals surface area contributed by atoms with Crippen molar-refractivity contribution in [1.82, 2.24) is 0 Å². The van der Waals surface area contributed by atoms with Crippen molar-refractivity contribution in [2.75, 3.05) is 16.2 Å². The topological polar surface area (TPSA) is 66.5 Å². The molecule has 2 aromatic carbocycles. The van der Waals surface area contributed by atoms with Gasteiger partial charge in [-0.05, 0) is 48.6 Å². The summed E-state index contributed by atoms with van der Waals surface area (Å²) in [6.45, 7) is 0.675. The lowest BCUT2D eigenvalue weighted by atomic mass is 10.1. The Balaban J connectivity index is 1.51. The summed E-state index contributed by atoms with van der Waals surface area (Å²) in [5, 5.41) is 1.16. The van der Waals surface area contributed by atoms with Crippen LogP contribution in [0.3, 0.4) is 0 Å². The Kier molecular flexibility index (Phi) is 5.22. The van der Waals surface area contributed by atoms with Gasteiger partial charge >= 0.3 is 0 Å². The quantitative estimate of drug-likeness (QED) is 0.824. The fourth-order valence-corrected chi connectivity index (χ4v) is 4.86. The zero-order valence-electron chi connectivity index (χ0n) is 15.7. The minimum Gasteiger partial charge on any atom is -0.312 e.